The summed E-state index contributed by atoms with van der Waals surface area (Å²) in [7, 11) is 0. The first-order chi connectivity index (χ1) is 27.8. The molecule has 0 aliphatic heterocycles. The van der Waals surface area contributed by atoms with Gasteiger partial charge in [-0.05, 0) is 60.7 Å². The molecule has 56 heavy (non-hydrogen) atoms. The second kappa shape index (κ2) is 11.9. The average molecular weight is 718 g/mol. The van der Waals surface area contributed by atoms with Crippen molar-refractivity contribution in [2.75, 3.05) is 0 Å². The van der Waals surface area contributed by atoms with Crippen LogP contribution in [0.2, 0.25) is 0 Å². The van der Waals surface area contributed by atoms with Crippen LogP contribution in [-0.4, -0.2) is 23.9 Å². The maximum absolute atomic E-state index is 6.38. The molecule has 6 heteroatoms. The number of furan rings is 1. The standard InChI is InChI=1S/C50H31N5O/c1-3-15-32(16-4-1)49-51-52-50(33-17-5-2-6-18-33)53(49)34-27-28-43-38(29-34)35-19-7-10-22-41(35)54(43)44-24-12-13-25-45(44)55-42-23-11-8-20-36(42)39-31-48-40(30-46(39)55)37-21-9-14-26-47(37)56-48/h1-31H. The molecule has 0 saturated heterocycles. The molecule has 262 valence electrons. The van der Waals surface area contributed by atoms with Crippen molar-refractivity contribution in [3.8, 4) is 39.8 Å². The van der Waals surface area contributed by atoms with Crippen LogP contribution in [0.4, 0.5) is 0 Å². The molecule has 12 aromatic rings. The zero-order valence-corrected chi connectivity index (χ0v) is 30.0. The first-order valence-electron chi connectivity index (χ1n) is 18.8. The third kappa shape index (κ3) is 4.44. The minimum Gasteiger partial charge on any atom is -0.456 e. The number of hydrogen-bond acceptors (Lipinski definition) is 3. The summed E-state index contributed by atoms with van der Waals surface area (Å²) in [6.07, 6.45) is 0. The van der Waals surface area contributed by atoms with Crippen LogP contribution < -0.4 is 0 Å². The molecule has 6 nitrogen and oxygen atoms in total. The molecule has 0 aliphatic carbocycles. The van der Waals surface area contributed by atoms with Gasteiger partial charge in [0.25, 0.3) is 0 Å². The Morgan fingerprint density at radius 1 is 0.321 bits per heavy atom. The van der Waals surface area contributed by atoms with Gasteiger partial charge in [0.15, 0.2) is 11.6 Å². The van der Waals surface area contributed by atoms with Crippen molar-refractivity contribution in [3.05, 3.63) is 188 Å². The third-order valence-corrected chi connectivity index (χ3v) is 11.2. The molecule has 0 unspecified atom stereocenters. The van der Waals surface area contributed by atoms with Crippen molar-refractivity contribution in [2.24, 2.45) is 0 Å². The highest BCUT2D eigenvalue weighted by atomic mass is 16.3. The molecule has 0 amide bonds. The van der Waals surface area contributed by atoms with Crippen LogP contribution >= 0.6 is 0 Å². The zero-order valence-electron chi connectivity index (χ0n) is 30.0. The Hall–Kier alpha value is -7.70. The molecule has 4 heterocycles. The van der Waals surface area contributed by atoms with E-state index < -0.39 is 0 Å². The minimum absolute atomic E-state index is 0.795. The number of benzene rings is 8. The molecule has 0 fully saturated rings. The fraction of sp³-hybridized carbons (Fsp3) is 0. The molecule has 8 aromatic carbocycles. The van der Waals surface area contributed by atoms with Crippen molar-refractivity contribution in [3.63, 3.8) is 0 Å². The van der Waals surface area contributed by atoms with E-state index in [0.717, 1.165) is 94.6 Å². The Bertz CT molecular complexity index is 3420. The van der Waals surface area contributed by atoms with Crippen molar-refractivity contribution in [2.45, 2.75) is 0 Å². The van der Waals surface area contributed by atoms with Gasteiger partial charge in [0.05, 0.1) is 39.1 Å². The summed E-state index contributed by atoms with van der Waals surface area (Å²) < 4.78 is 13.4. The van der Waals surface area contributed by atoms with Gasteiger partial charge in [0.1, 0.15) is 11.2 Å². The SMILES string of the molecule is c1ccc(-c2nnc(-c3ccccc3)n2-c2ccc3c(c2)c2ccccc2n3-c2ccccc2-n2c3ccccc3c3cc4oc5ccccc5c4cc32)cc1. The van der Waals surface area contributed by atoms with E-state index in [0.29, 0.717) is 0 Å². The molecular formula is C50H31N5O. The third-order valence-electron chi connectivity index (χ3n) is 11.2. The highest BCUT2D eigenvalue weighted by Gasteiger charge is 2.22. The minimum atomic E-state index is 0.795. The van der Waals surface area contributed by atoms with Crippen LogP contribution in [0.1, 0.15) is 0 Å². The smallest absolute Gasteiger partial charge is 0.168 e. The Labute approximate surface area is 320 Å². The van der Waals surface area contributed by atoms with Crippen LogP contribution in [0.3, 0.4) is 0 Å². The Morgan fingerprint density at radius 3 is 1.46 bits per heavy atom. The maximum atomic E-state index is 6.38. The second-order valence-corrected chi connectivity index (χ2v) is 14.3. The van der Waals surface area contributed by atoms with Crippen molar-refractivity contribution >= 4 is 65.6 Å². The molecule has 0 saturated carbocycles. The quantitative estimate of drug-likeness (QED) is 0.178. The molecule has 0 radical (unpaired) electrons. The summed E-state index contributed by atoms with van der Waals surface area (Å²) in [5.74, 6) is 1.59. The number of hydrogen-bond donors (Lipinski definition) is 0. The molecule has 0 spiro atoms. The largest absolute Gasteiger partial charge is 0.456 e. The van der Waals surface area contributed by atoms with E-state index in [9.17, 15) is 0 Å². The first kappa shape index (κ1) is 30.7. The number of nitrogens with zero attached hydrogens (tertiary/aromatic N) is 5. The van der Waals surface area contributed by atoms with Gasteiger partial charge in [-0.25, -0.2) is 0 Å². The number of fused-ring (bicyclic) bond motifs is 9. The van der Waals surface area contributed by atoms with E-state index >= 15 is 0 Å². The lowest BCUT2D eigenvalue weighted by molar-refractivity contribution is 0.669. The number of aromatic nitrogens is 5. The summed E-state index contributed by atoms with van der Waals surface area (Å²) in [5, 5.41) is 16.4. The molecule has 12 rings (SSSR count). The summed E-state index contributed by atoms with van der Waals surface area (Å²) in [6.45, 7) is 0. The fourth-order valence-electron chi connectivity index (χ4n) is 8.73. The second-order valence-electron chi connectivity index (χ2n) is 14.3. The van der Waals surface area contributed by atoms with E-state index in [1.165, 1.54) is 10.8 Å². The average Bonchev–Trinajstić information content (AvgIpc) is 4.03. The monoisotopic (exact) mass is 717 g/mol. The van der Waals surface area contributed by atoms with Gasteiger partial charge in [-0.15, -0.1) is 10.2 Å². The van der Waals surface area contributed by atoms with Gasteiger partial charge in [0, 0.05) is 43.4 Å². The Morgan fingerprint density at radius 2 is 0.821 bits per heavy atom. The normalized spacial score (nSPS) is 11.9. The van der Waals surface area contributed by atoms with Gasteiger partial charge in [0.2, 0.25) is 0 Å². The van der Waals surface area contributed by atoms with Crippen molar-refractivity contribution < 1.29 is 4.42 Å². The van der Waals surface area contributed by atoms with E-state index in [2.05, 4.69) is 153 Å². The van der Waals surface area contributed by atoms with E-state index in [4.69, 9.17) is 14.6 Å². The van der Waals surface area contributed by atoms with Gasteiger partial charge >= 0.3 is 0 Å². The van der Waals surface area contributed by atoms with Crippen LogP contribution in [-0.2, 0) is 0 Å². The van der Waals surface area contributed by atoms with Crippen molar-refractivity contribution in [1.82, 2.24) is 23.9 Å². The predicted molar refractivity (Wildman–Crippen MR) is 228 cm³/mol. The van der Waals surface area contributed by atoms with Crippen molar-refractivity contribution in [1.29, 1.82) is 0 Å². The van der Waals surface area contributed by atoms with E-state index in [-0.39, 0.29) is 0 Å². The lowest BCUT2D eigenvalue weighted by Crippen LogP contribution is -2.03. The predicted octanol–water partition coefficient (Wildman–Crippen LogP) is 12.7. The van der Waals surface area contributed by atoms with Gasteiger partial charge < -0.3 is 13.6 Å². The molecule has 0 atom stereocenters. The van der Waals surface area contributed by atoms with Crippen LogP contribution in [0.5, 0.6) is 0 Å². The van der Waals surface area contributed by atoms with Gasteiger partial charge in [-0.1, -0.05) is 127 Å². The van der Waals surface area contributed by atoms with Crippen LogP contribution in [0.15, 0.2) is 192 Å². The fourth-order valence-corrected chi connectivity index (χ4v) is 8.73. The van der Waals surface area contributed by atoms with E-state index in [1.807, 2.05) is 48.5 Å². The summed E-state index contributed by atoms with van der Waals surface area (Å²) in [5.41, 5.74) is 11.5. The Balaban J connectivity index is 1.12. The van der Waals surface area contributed by atoms with Gasteiger partial charge in [-0.3, -0.25) is 4.57 Å². The first-order valence-corrected chi connectivity index (χ1v) is 18.8. The highest BCUT2D eigenvalue weighted by Crippen LogP contribution is 2.41. The summed E-state index contributed by atoms with van der Waals surface area (Å²) >= 11 is 0. The highest BCUT2D eigenvalue weighted by molar-refractivity contribution is 6.17. The molecular weight excluding hydrogens is 687 g/mol. The van der Waals surface area contributed by atoms with Crippen LogP contribution in [0, 0.1) is 0 Å². The molecule has 0 aliphatic rings. The Kier molecular flexibility index (Phi) is 6.53. The molecule has 4 aromatic heterocycles. The zero-order chi connectivity index (χ0) is 36.7. The number of para-hydroxylation sites is 5. The summed E-state index contributed by atoms with van der Waals surface area (Å²) in [6, 6.07) is 66.3. The summed E-state index contributed by atoms with van der Waals surface area (Å²) in [4.78, 5) is 0. The molecule has 0 N–H and O–H groups in total. The van der Waals surface area contributed by atoms with Crippen LogP contribution in [0.25, 0.3) is 105 Å². The lowest BCUT2D eigenvalue weighted by Gasteiger charge is -2.17. The molecule has 0 bridgehead atoms. The topological polar surface area (TPSA) is 53.7 Å². The van der Waals surface area contributed by atoms with Gasteiger partial charge in [-0.2, -0.15) is 0 Å². The lowest BCUT2D eigenvalue weighted by atomic mass is 10.1. The number of rotatable bonds is 5. The maximum Gasteiger partial charge on any atom is 0.168 e. The van der Waals surface area contributed by atoms with E-state index in [1.54, 1.807) is 0 Å².